The fraction of sp³-hybridized carbons (Fsp3) is 0.455. The summed E-state index contributed by atoms with van der Waals surface area (Å²) >= 11 is 5.69. The number of nitrogens with zero attached hydrogens (tertiary/aromatic N) is 1. The van der Waals surface area contributed by atoms with Crippen LogP contribution in [0.1, 0.15) is 30.6 Å². The first-order valence-electron chi connectivity index (χ1n) is 5.03. The summed E-state index contributed by atoms with van der Waals surface area (Å²) in [5.41, 5.74) is 0.554. The van der Waals surface area contributed by atoms with Crippen molar-refractivity contribution in [3.63, 3.8) is 0 Å². The molecule has 0 aliphatic heterocycles. The molecule has 0 bridgehead atoms. The number of carbonyl (C=O) groups excluding carboxylic acids is 1. The maximum absolute atomic E-state index is 11.6. The number of hydrogen-bond acceptors (Lipinski definition) is 2. The molecule has 4 heteroatoms. The van der Waals surface area contributed by atoms with Crippen LogP contribution >= 0.6 is 11.6 Å². The van der Waals surface area contributed by atoms with Crippen LogP contribution in [0.2, 0.25) is 5.15 Å². The van der Waals surface area contributed by atoms with Gasteiger partial charge in [0, 0.05) is 18.3 Å². The summed E-state index contributed by atoms with van der Waals surface area (Å²) in [6, 6.07) is 3.21. The summed E-state index contributed by atoms with van der Waals surface area (Å²) < 4.78 is 0. The van der Waals surface area contributed by atoms with Gasteiger partial charge in [-0.15, -0.1) is 0 Å². The maximum atomic E-state index is 11.6. The van der Waals surface area contributed by atoms with Crippen molar-refractivity contribution in [2.75, 3.05) is 6.54 Å². The van der Waals surface area contributed by atoms with Crippen LogP contribution in [0.4, 0.5) is 0 Å². The minimum absolute atomic E-state index is 0.0976. The van der Waals surface area contributed by atoms with Crippen LogP contribution in [-0.4, -0.2) is 17.4 Å². The smallest absolute Gasteiger partial charge is 0.251 e. The third-order valence-electron chi connectivity index (χ3n) is 2.30. The molecule has 0 spiro atoms. The highest BCUT2D eigenvalue weighted by molar-refractivity contribution is 6.29. The standard InChI is InChI=1S/C11H15ClN2O/c1-3-8(2)7-14-11(15)9-4-5-13-10(12)6-9/h4-6,8H,3,7H2,1-2H3,(H,14,15). The van der Waals surface area contributed by atoms with Crippen LogP contribution in [0.15, 0.2) is 18.3 Å². The number of hydrogen-bond donors (Lipinski definition) is 1. The van der Waals surface area contributed by atoms with E-state index < -0.39 is 0 Å². The highest BCUT2D eigenvalue weighted by Crippen LogP contribution is 2.07. The van der Waals surface area contributed by atoms with Crippen LogP contribution in [0.25, 0.3) is 0 Å². The molecule has 82 valence electrons. The average molecular weight is 227 g/mol. The normalized spacial score (nSPS) is 12.2. The second kappa shape index (κ2) is 5.71. The number of pyridine rings is 1. The Balaban J connectivity index is 2.54. The molecule has 1 atom stereocenters. The van der Waals surface area contributed by atoms with Gasteiger partial charge in [-0.2, -0.15) is 0 Å². The summed E-state index contributed by atoms with van der Waals surface area (Å²) in [5.74, 6) is 0.394. The lowest BCUT2D eigenvalue weighted by atomic mass is 10.1. The molecule has 0 fully saturated rings. The van der Waals surface area contributed by atoms with Gasteiger partial charge in [0.1, 0.15) is 5.15 Å². The largest absolute Gasteiger partial charge is 0.352 e. The van der Waals surface area contributed by atoms with E-state index in [2.05, 4.69) is 24.1 Å². The van der Waals surface area contributed by atoms with Crippen molar-refractivity contribution in [2.24, 2.45) is 5.92 Å². The van der Waals surface area contributed by atoms with Crippen molar-refractivity contribution in [2.45, 2.75) is 20.3 Å². The van der Waals surface area contributed by atoms with E-state index in [-0.39, 0.29) is 5.91 Å². The lowest BCUT2D eigenvalue weighted by Gasteiger charge is -2.09. The van der Waals surface area contributed by atoms with Gasteiger partial charge < -0.3 is 5.32 Å². The molecule has 0 aliphatic carbocycles. The van der Waals surface area contributed by atoms with E-state index in [4.69, 9.17) is 11.6 Å². The van der Waals surface area contributed by atoms with E-state index >= 15 is 0 Å². The van der Waals surface area contributed by atoms with Gasteiger partial charge in [0.15, 0.2) is 0 Å². The summed E-state index contributed by atoms with van der Waals surface area (Å²) in [4.78, 5) is 15.4. The molecule has 3 nitrogen and oxygen atoms in total. The van der Waals surface area contributed by atoms with Gasteiger partial charge in [0.05, 0.1) is 0 Å². The van der Waals surface area contributed by atoms with Gasteiger partial charge in [-0.25, -0.2) is 4.98 Å². The van der Waals surface area contributed by atoms with E-state index in [0.717, 1.165) is 6.42 Å². The average Bonchev–Trinajstić information content (AvgIpc) is 2.25. The monoisotopic (exact) mass is 226 g/mol. The van der Waals surface area contributed by atoms with Crippen LogP contribution < -0.4 is 5.32 Å². The van der Waals surface area contributed by atoms with Gasteiger partial charge in [0.2, 0.25) is 0 Å². The molecule has 0 aliphatic rings. The third kappa shape index (κ3) is 3.88. The molecule has 0 radical (unpaired) electrons. The zero-order valence-corrected chi connectivity index (χ0v) is 9.71. The number of aromatic nitrogens is 1. The number of halogens is 1. The summed E-state index contributed by atoms with van der Waals surface area (Å²) in [7, 11) is 0. The van der Waals surface area contributed by atoms with Gasteiger partial charge in [-0.05, 0) is 18.1 Å². The van der Waals surface area contributed by atoms with E-state index in [1.807, 2.05) is 0 Å². The predicted molar refractivity (Wildman–Crippen MR) is 61.0 cm³/mol. The Labute approximate surface area is 94.9 Å². The van der Waals surface area contributed by atoms with Crippen LogP contribution in [0.5, 0.6) is 0 Å². The zero-order chi connectivity index (χ0) is 11.3. The number of carbonyl (C=O) groups is 1. The molecule has 0 aromatic carbocycles. The van der Waals surface area contributed by atoms with Crippen LogP contribution in [0, 0.1) is 5.92 Å². The lowest BCUT2D eigenvalue weighted by Crippen LogP contribution is -2.28. The van der Waals surface area contributed by atoms with E-state index in [1.165, 1.54) is 6.20 Å². The zero-order valence-electron chi connectivity index (χ0n) is 8.96. The molecule has 0 saturated carbocycles. The Morgan fingerprint density at radius 3 is 3.00 bits per heavy atom. The Hall–Kier alpha value is -1.09. The second-order valence-electron chi connectivity index (χ2n) is 3.59. The van der Waals surface area contributed by atoms with Crippen molar-refractivity contribution < 1.29 is 4.79 Å². The highest BCUT2D eigenvalue weighted by atomic mass is 35.5. The van der Waals surface area contributed by atoms with Gasteiger partial charge in [0.25, 0.3) is 5.91 Å². The predicted octanol–water partition coefficient (Wildman–Crippen LogP) is 2.51. The topological polar surface area (TPSA) is 42.0 Å². The minimum atomic E-state index is -0.0976. The molecule has 1 amide bonds. The van der Waals surface area contributed by atoms with Gasteiger partial charge >= 0.3 is 0 Å². The molecule has 1 aromatic rings. The van der Waals surface area contributed by atoms with Gasteiger partial charge in [-0.3, -0.25) is 4.79 Å². The summed E-state index contributed by atoms with van der Waals surface area (Å²) in [6.45, 7) is 4.88. The van der Waals surface area contributed by atoms with Crippen molar-refractivity contribution >= 4 is 17.5 Å². The molecule has 1 heterocycles. The summed E-state index contributed by atoms with van der Waals surface area (Å²) in [5, 5.41) is 3.19. The maximum Gasteiger partial charge on any atom is 0.251 e. The molecule has 1 unspecified atom stereocenters. The number of nitrogens with one attached hydrogen (secondary N) is 1. The Morgan fingerprint density at radius 2 is 2.40 bits per heavy atom. The fourth-order valence-corrected chi connectivity index (χ4v) is 1.23. The molecule has 1 aromatic heterocycles. The minimum Gasteiger partial charge on any atom is -0.352 e. The first kappa shape index (κ1) is 12.0. The van der Waals surface area contributed by atoms with E-state index in [1.54, 1.807) is 12.1 Å². The highest BCUT2D eigenvalue weighted by Gasteiger charge is 2.07. The molecule has 1 rings (SSSR count). The quantitative estimate of drug-likeness (QED) is 0.802. The molecular formula is C11H15ClN2O. The summed E-state index contributed by atoms with van der Waals surface area (Å²) in [6.07, 6.45) is 2.58. The van der Waals surface area contributed by atoms with Crippen molar-refractivity contribution in [1.29, 1.82) is 0 Å². The SMILES string of the molecule is CCC(C)CNC(=O)c1ccnc(Cl)c1. The molecular weight excluding hydrogens is 212 g/mol. The van der Waals surface area contributed by atoms with E-state index in [0.29, 0.717) is 23.2 Å². The molecule has 1 N–H and O–H groups in total. The van der Waals surface area contributed by atoms with Crippen molar-refractivity contribution in [1.82, 2.24) is 10.3 Å². The number of amides is 1. The number of rotatable bonds is 4. The molecule has 0 saturated heterocycles. The first-order chi connectivity index (χ1) is 7.13. The lowest BCUT2D eigenvalue weighted by molar-refractivity contribution is 0.0947. The first-order valence-corrected chi connectivity index (χ1v) is 5.41. The second-order valence-corrected chi connectivity index (χ2v) is 3.98. The van der Waals surface area contributed by atoms with E-state index in [9.17, 15) is 4.79 Å². The fourth-order valence-electron chi connectivity index (χ4n) is 1.06. The Morgan fingerprint density at radius 1 is 1.67 bits per heavy atom. The Kier molecular flexibility index (Phi) is 4.56. The third-order valence-corrected chi connectivity index (χ3v) is 2.50. The van der Waals surface area contributed by atoms with Crippen molar-refractivity contribution in [3.05, 3.63) is 29.0 Å². The van der Waals surface area contributed by atoms with Crippen LogP contribution in [0.3, 0.4) is 0 Å². The van der Waals surface area contributed by atoms with Crippen molar-refractivity contribution in [3.8, 4) is 0 Å². The van der Waals surface area contributed by atoms with Gasteiger partial charge in [-0.1, -0.05) is 31.9 Å². The van der Waals surface area contributed by atoms with Crippen LogP contribution in [-0.2, 0) is 0 Å². The Bertz CT molecular complexity index is 341. The molecule has 15 heavy (non-hydrogen) atoms.